The van der Waals surface area contributed by atoms with Gasteiger partial charge in [-0.2, -0.15) is 5.10 Å². The molecule has 1 aliphatic carbocycles. The average molecular weight is 554 g/mol. The number of nitrogens with zero attached hydrogens (tertiary/aromatic N) is 1. The molecule has 0 bridgehead atoms. The third-order valence-electron chi connectivity index (χ3n) is 6.71. The van der Waals surface area contributed by atoms with Crippen molar-refractivity contribution in [1.82, 2.24) is 10.2 Å². The molecule has 1 heterocycles. The molecular formula is C28H22Cl2FN3O4. The lowest BCUT2D eigenvalue weighted by molar-refractivity contribution is -0.140. The van der Waals surface area contributed by atoms with Gasteiger partial charge in [0.25, 0.3) is 0 Å². The van der Waals surface area contributed by atoms with Gasteiger partial charge in [-0.3, -0.25) is 15.2 Å². The molecule has 3 N–H and O–H groups in total. The van der Waals surface area contributed by atoms with Crippen LogP contribution in [0.5, 0.6) is 0 Å². The van der Waals surface area contributed by atoms with Crippen LogP contribution in [0.2, 0.25) is 10.0 Å². The van der Waals surface area contributed by atoms with Crippen LogP contribution in [0, 0.1) is 5.82 Å². The summed E-state index contributed by atoms with van der Waals surface area (Å²) in [6.45, 7) is 1.66. The van der Waals surface area contributed by atoms with Crippen LogP contribution >= 0.6 is 23.2 Å². The zero-order valence-electron chi connectivity index (χ0n) is 20.1. The number of H-pyrrole nitrogens is 1. The maximum Gasteiger partial charge on any atom is 0.413 e. The predicted molar refractivity (Wildman–Crippen MR) is 143 cm³/mol. The van der Waals surface area contributed by atoms with Crippen LogP contribution in [0.3, 0.4) is 0 Å². The average Bonchev–Trinajstić information content (AvgIpc) is 3.63. The molecule has 10 heteroatoms. The molecule has 7 nitrogen and oxygen atoms in total. The molecule has 0 saturated heterocycles. The van der Waals surface area contributed by atoms with Gasteiger partial charge in [0.05, 0.1) is 10.4 Å². The molecule has 1 saturated carbocycles. The second-order valence-electron chi connectivity index (χ2n) is 9.09. The Morgan fingerprint density at radius 2 is 1.74 bits per heavy atom. The van der Waals surface area contributed by atoms with Crippen molar-refractivity contribution in [1.29, 1.82) is 0 Å². The van der Waals surface area contributed by atoms with Gasteiger partial charge < -0.3 is 9.84 Å². The molecule has 1 amide bonds. The van der Waals surface area contributed by atoms with E-state index >= 15 is 4.39 Å². The van der Waals surface area contributed by atoms with Crippen molar-refractivity contribution < 1.29 is 23.8 Å². The first kappa shape index (κ1) is 25.8. The molecule has 5 rings (SSSR count). The quantitative estimate of drug-likeness (QED) is 0.218. The SMILES string of the molecule is C[C@@H](OC(=O)Nc1n[nH]c(-c2ccc(-c3cccc(C4(C(=O)O)CC4)c3Cl)cc2)c1F)c1ccccc1Cl. The van der Waals surface area contributed by atoms with Crippen LogP contribution in [-0.2, 0) is 14.9 Å². The van der Waals surface area contributed by atoms with Gasteiger partial charge in [0, 0.05) is 21.7 Å². The van der Waals surface area contributed by atoms with E-state index in [1.165, 1.54) is 0 Å². The number of amides is 1. The third kappa shape index (κ3) is 4.73. The largest absolute Gasteiger partial charge is 0.481 e. The van der Waals surface area contributed by atoms with Crippen molar-refractivity contribution in [3.05, 3.63) is 93.7 Å². The molecule has 1 fully saturated rings. The summed E-state index contributed by atoms with van der Waals surface area (Å²) in [7, 11) is 0. The number of anilines is 1. The second-order valence-corrected chi connectivity index (χ2v) is 9.87. The highest BCUT2D eigenvalue weighted by atomic mass is 35.5. The van der Waals surface area contributed by atoms with Crippen molar-refractivity contribution in [3.8, 4) is 22.4 Å². The van der Waals surface area contributed by atoms with E-state index in [2.05, 4.69) is 15.5 Å². The maximum atomic E-state index is 15.1. The van der Waals surface area contributed by atoms with Gasteiger partial charge in [0.15, 0.2) is 11.6 Å². The summed E-state index contributed by atoms with van der Waals surface area (Å²) in [5.74, 6) is -1.94. The Morgan fingerprint density at radius 1 is 1.05 bits per heavy atom. The Kier molecular flexibility index (Phi) is 6.86. The van der Waals surface area contributed by atoms with Gasteiger partial charge in [-0.05, 0) is 37.0 Å². The van der Waals surface area contributed by atoms with Gasteiger partial charge in [0.1, 0.15) is 11.8 Å². The minimum absolute atomic E-state index is 0.0775. The minimum atomic E-state index is -0.929. The van der Waals surface area contributed by atoms with Gasteiger partial charge in [-0.15, -0.1) is 0 Å². The third-order valence-corrected chi connectivity index (χ3v) is 7.46. The van der Waals surface area contributed by atoms with Crippen LogP contribution < -0.4 is 5.32 Å². The number of nitrogens with one attached hydrogen (secondary N) is 2. The number of aromatic amines is 1. The van der Waals surface area contributed by atoms with Crippen molar-refractivity contribution >= 4 is 41.1 Å². The fourth-order valence-corrected chi connectivity index (χ4v) is 5.13. The van der Waals surface area contributed by atoms with Crippen molar-refractivity contribution in [3.63, 3.8) is 0 Å². The Hall–Kier alpha value is -3.88. The Morgan fingerprint density at radius 3 is 2.39 bits per heavy atom. The summed E-state index contributed by atoms with van der Waals surface area (Å²) >= 11 is 12.8. The maximum absolute atomic E-state index is 15.1. The molecule has 4 aromatic rings. The van der Waals surface area contributed by atoms with Crippen LogP contribution in [0.1, 0.15) is 37.0 Å². The van der Waals surface area contributed by atoms with E-state index in [4.69, 9.17) is 27.9 Å². The number of carboxylic acid groups (broad SMARTS) is 1. The van der Waals surface area contributed by atoms with Gasteiger partial charge in [0.2, 0.25) is 0 Å². The number of aromatic nitrogens is 2. The number of hydrogen-bond acceptors (Lipinski definition) is 4. The monoisotopic (exact) mass is 553 g/mol. The van der Waals surface area contributed by atoms with Crippen LogP contribution in [0.15, 0.2) is 66.7 Å². The van der Waals surface area contributed by atoms with Crippen LogP contribution in [-0.4, -0.2) is 27.4 Å². The molecule has 0 aliphatic heterocycles. The summed E-state index contributed by atoms with van der Waals surface area (Å²) in [4.78, 5) is 24.1. The van der Waals surface area contributed by atoms with Crippen molar-refractivity contribution in [2.24, 2.45) is 0 Å². The molecule has 194 valence electrons. The van der Waals surface area contributed by atoms with Crippen LogP contribution in [0.25, 0.3) is 22.4 Å². The lowest BCUT2D eigenvalue weighted by Crippen LogP contribution is -2.20. The number of benzene rings is 3. The number of halogens is 3. The number of rotatable bonds is 7. The summed E-state index contributed by atoms with van der Waals surface area (Å²) < 4.78 is 20.4. The van der Waals surface area contributed by atoms with E-state index < -0.39 is 29.4 Å². The number of carboxylic acids is 1. The van der Waals surface area contributed by atoms with E-state index in [-0.39, 0.29) is 11.5 Å². The fourth-order valence-electron chi connectivity index (χ4n) is 4.42. The molecule has 1 aliphatic rings. The molecule has 38 heavy (non-hydrogen) atoms. The first-order valence-electron chi connectivity index (χ1n) is 11.8. The zero-order valence-corrected chi connectivity index (χ0v) is 21.6. The number of carbonyl (C=O) groups excluding carboxylic acids is 1. The molecular weight excluding hydrogens is 532 g/mol. The van der Waals surface area contributed by atoms with E-state index in [1.807, 2.05) is 6.07 Å². The predicted octanol–water partition coefficient (Wildman–Crippen LogP) is 7.62. The fraction of sp³-hybridized carbons (Fsp3) is 0.179. The Labute approximate surface area is 227 Å². The normalized spacial score (nSPS) is 14.5. The van der Waals surface area contributed by atoms with Gasteiger partial charge in [-0.25, -0.2) is 9.18 Å². The minimum Gasteiger partial charge on any atom is -0.481 e. The Balaban J connectivity index is 1.31. The molecule has 0 spiro atoms. The van der Waals surface area contributed by atoms with Crippen molar-refractivity contribution in [2.45, 2.75) is 31.3 Å². The smallest absolute Gasteiger partial charge is 0.413 e. The lowest BCUT2D eigenvalue weighted by atomic mass is 9.92. The molecule has 1 aromatic heterocycles. The lowest BCUT2D eigenvalue weighted by Gasteiger charge is -2.15. The van der Waals surface area contributed by atoms with Crippen LogP contribution in [0.4, 0.5) is 15.0 Å². The molecule has 0 unspecified atom stereocenters. The summed E-state index contributed by atoms with van der Waals surface area (Å²) in [6.07, 6.45) is -0.443. The Bertz CT molecular complexity index is 1530. The zero-order chi connectivity index (χ0) is 27.0. The molecule has 1 atom stereocenters. The summed E-state index contributed by atoms with van der Waals surface area (Å²) in [5.41, 5.74) is 2.28. The van der Waals surface area contributed by atoms with E-state index in [1.54, 1.807) is 67.6 Å². The first-order chi connectivity index (χ1) is 18.2. The first-order valence-corrected chi connectivity index (χ1v) is 12.6. The standard InChI is InChI=1S/C28H22Cl2FN3O4/c1-15(18-5-2-3-8-21(18)29)38-27(37)32-25-23(31)24(33-34-25)17-11-9-16(10-12-17)19-6-4-7-20(22(19)30)28(13-14-28)26(35)36/h2-12,15H,13-14H2,1H3,(H,35,36)(H2,32,33,34,37)/t15-/m1/s1. The topological polar surface area (TPSA) is 104 Å². The summed E-state index contributed by atoms with van der Waals surface area (Å²) in [5, 5.41) is 19.3. The van der Waals surface area contributed by atoms with Gasteiger partial charge in [-0.1, -0.05) is 83.9 Å². The molecule has 3 aromatic carbocycles. The van der Waals surface area contributed by atoms with Crippen molar-refractivity contribution in [2.75, 3.05) is 5.32 Å². The highest BCUT2D eigenvalue weighted by Crippen LogP contribution is 2.52. The summed E-state index contributed by atoms with van der Waals surface area (Å²) in [6, 6.07) is 19.2. The highest BCUT2D eigenvalue weighted by Gasteiger charge is 2.53. The number of hydrogen-bond donors (Lipinski definition) is 3. The number of aliphatic carboxylic acids is 1. The second kappa shape index (κ2) is 10.1. The van der Waals surface area contributed by atoms with E-state index in [9.17, 15) is 14.7 Å². The number of carbonyl (C=O) groups is 2. The number of ether oxygens (including phenoxy) is 1. The highest BCUT2D eigenvalue weighted by molar-refractivity contribution is 6.34. The van der Waals surface area contributed by atoms with Gasteiger partial charge >= 0.3 is 12.1 Å². The molecule has 0 radical (unpaired) electrons. The van der Waals surface area contributed by atoms with E-state index in [0.717, 1.165) is 5.56 Å². The van der Waals surface area contributed by atoms with E-state index in [0.29, 0.717) is 45.1 Å².